The standard InChI is InChI=1S/C13H20F3N3OS.HI/c1-10-4-7-21-11(10)8-19-12(17-2)18-5-3-6-20-9-13(14,15)16;/h4,7H,3,5-6,8-9H2,1-2H3,(H2,17,18,19);1H. The van der Waals surface area contributed by atoms with Gasteiger partial charge in [0.05, 0.1) is 6.54 Å². The van der Waals surface area contributed by atoms with Crippen LogP contribution in [0, 0.1) is 6.92 Å². The van der Waals surface area contributed by atoms with Crippen LogP contribution in [0.25, 0.3) is 0 Å². The van der Waals surface area contributed by atoms with Crippen molar-refractivity contribution in [2.45, 2.75) is 26.1 Å². The molecule has 1 heterocycles. The molecule has 128 valence electrons. The van der Waals surface area contributed by atoms with Gasteiger partial charge in [-0.25, -0.2) is 0 Å². The Kier molecular flexibility index (Phi) is 10.8. The number of rotatable bonds is 7. The molecule has 22 heavy (non-hydrogen) atoms. The molecule has 0 amide bonds. The monoisotopic (exact) mass is 451 g/mol. The van der Waals surface area contributed by atoms with Gasteiger partial charge in [-0.1, -0.05) is 0 Å². The third-order valence-electron chi connectivity index (χ3n) is 2.63. The fourth-order valence-corrected chi connectivity index (χ4v) is 2.38. The van der Waals surface area contributed by atoms with Crippen LogP contribution in [0.1, 0.15) is 16.9 Å². The molecule has 0 unspecified atom stereocenters. The second-order valence-corrected chi connectivity index (χ2v) is 5.40. The number of aryl methyl sites for hydroxylation is 1. The molecule has 0 aromatic carbocycles. The van der Waals surface area contributed by atoms with Crippen LogP contribution in [0.15, 0.2) is 16.4 Å². The lowest BCUT2D eigenvalue weighted by Gasteiger charge is -2.12. The number of alkyl halides is 3. The first-order valence-electron chi connectivity index (χ1n) is 6.54. The van der Waals surface area contributed by atoms with Crippen molar-refractivity contribution in [3.05, 3.63) is 21.9 Å². The van der Waals surface area contributed by atoms with Gasteiger partial charge in [0.15, 0.2) is 5.96 Å². The zero-order chi connectivity index (χ0) is 15.7. The molecule has 0 fully saturated rings. The molecule has 4 nitrogen and oxygen atoms in total. The molecule has 0 saturated heterocycles. The van der Waals surface area contributed by atoms with Crippen molar-refractivity contribution in [3.8, 4) is 0 Å². The fraction of sp³-hybridized carbons (Fsp3) is 0.615. The number of nitrogens with one attached hydrogen (secondary N) is 2. The number of aliphatic imine (C=N–C) groups is 1. The van der Waals surface area contributed by atoms with Crippen molar-refractivity contribution in [2.75, 3.05) is 26.8 Å². The van der Waals surface area contributed by atoms with E-state index >= 15 is 0 Å². The summed E-state index contributed by atoms with van der Waals surface area (Å²) in [5.74, 6) is 0.624. The zero-order valence-corrected chi connectivity index (χ0v) is 15.6. The highest BCUT2D eigenvalue weighted by Crippen LogP contribution is 2.15. The lowest BCUT2D eigenvalue weighted by atomic mass is 10.3. The Labute approximate surface area is 149 Å². The first-order valence-corrected chi connectivity index (χ1v) is 7.42. The number of thiophene rings is 1. The van der Waals surface area contributed by atoms with Gasteiger partial charge in [-0.05, 0) is 30.4 Å². The summed E-state index contributed by atoms with van der Waals surface area (Å²) in [7, 11) is 1.65. The summed E-state index contributed by atoms with van der Waals surface area (Å²) in [4.78, 5) is 5.28. The van der Waals surface area contributed by atoms with E-state index in [1.54, 1.807) is 18.4 Å². The highest BCUT2D eigenvalue weighted by Gasteiger charge is 2.27. The molecule has 0 aliphatic heterocycles. The van der Waals surface area contributed by atoms with Gasteiger partial charge >= 0.3 is 6.18 Å². The second-order valence-electron chi connectivity index (χ2n) is 4.40. The molecule has 1 aromatic rings. The quantitative estimate of drug-likeness (QED) is 0.290. The number of hydrogen-bond donors (Lipinski definition) is 2. The highest BCUT2D eigenvalue weighted by molar-refractivity contribution is 14.0. The van der Waals surface area contributed by atoms with E-state index in [1.165, 1.54) is 10.4 Å². The number of nitrogens with zero attached hydrogens (tertiary/aromatic N) is 1. The average molecular weight is 451 g/mol. The van der Waals surface area contributed by atoms with Gasteiger partial charge in [-0.3, -0.25) is 4.99 Å². The van der Waals surface area contributed by atoms with Crippen molar-refractivity contribution >= 4 is 41.3 Å². The predicted molar refractivity (Wildman–Crippen MR) is 94.2 cm³/mol. The summed E-state index contributed by atoms with van der Waals surface area (Å²) in [6, 6.07) is 2.05. The summed E-state index contributed by atoms with van der Waals surface area (Å²) in [6.07, 6.45) is -3.78. The van der Waals surface area contributed by atoms with E-state index in [0.717, 1.165) is 0 Å². The van der Waals surface area contributed by atoms with Crippen molar-refractivity contribution in [1.29, 1.82) is 0 Å². The van der Waals surface area contributed by atoms with E-state index in [9.17, 15) is 13.2 Å². The van der Waals surface area contributed by atoms with Gasteiger partial charge in [0.1, 0.15) is 6.61 Å². The normalized spacial score (nSPS) is 12.0. The van der Waals surface area contributed by atoms with Gasteiger partial charge < -0.3 is 15.4 Å². The van der Waals surface area contributed by atoms with E-state index in [0.29, 0.717) is 25.5 Å². The topological polar surface area (TPSA) is 45.7 Å². The molecule has 9 heteroatoms. The molecular formula is C13H21F3IN3OS. The van der Waals surface area contributed by atoms with E-state index in [1.807, 2.05) is 12.3 Å². The summed E-state index contributed by atoms with van der Waals surface area (Å²) < 4.78 is 40.1. The summed E-state index contributed by atoms with van der Waals surface area (Å²) >= 11 is 1.67. The van der Waals surface area contributed by atoms with Crippen LogP contribution < -0.4 is 10.6 Å². The first-order chi connectivity index (χ1) is 9.92. The molecule has 0 bridgehead atoms. The molecular weight excluding hydrogens is 430 g/mol. The molecule has 0 saturated carbocycles. The Hall–Kier alpha value is -0.550. The van der Waals surface area contributed by atoms with Crippen LogP contribution in [-0.2, 0) is 11.3 Å². The average Bonchev–Trinajstić information content (AvgIpc) is 2.81. The summed E-state index contributed by atoms with van der Waals surface area (Å²) in [5.41, 5.74) is 1.23. The zero-order valence-electron chi connectivity index (χ0n) is 12.5. The molecule has 0 spiro atoms. The van der Waals surface area contributed by atoms with Crippen molar-refractivity contribution in [3.63, 3.8) is 0 Å². The Morgan fingerprint density at radius 2 is 2.09 bits per heavy atom. The van der Waals surface area contributed by atoms with E-state index in [2.05, 4.69) is 26.4 Å². The van der Waals surface area contributed by atoms with Crippen molar-refractivity contribution in [2.24, 2.45) is 4.99 Å². The lowest BCUT2D eigenvalue weighted by molar-refractivity contribution is -0.173. The first kappa shape index (κ1) is 21.4. The van der Waals surface area contributed by atoms with Crippen molar-refractivity contribution < 1.29 is 17.9 Å². The second kappa shape index (κ2) is 11.1. The molecule has 0 aliphatic carbocycles. The van der Waals surface area contributed by atoms with Gasteiger partial charge in [-0.2, -0.15) is 13.2 Å². The predicted octanol–water partition coefficient (Wildman–Crippen LogP) is 3.31. The van der Waals surface area contributed by atoms with Crippen LogP contribution in [-0.4, -0.2) is 38.9 Å². The van der Waals surface area contributed by atoms with E-state index < -0.39 is 12.8 Å². The largest absolute Gasteiger partial charge is 0.411 e. The van der Waals surface area contributed by atoms with E-state index in [4.69, 9.17) is 0 Å². The van der Waals surface area contributed by atoms with Crippen LogP contribution in [0.5, 0.6) is 0 Å². The third-order valence-corrected chi connectivity index (χ3v) is 3.65. The maximum atomic E-state index is 11.8. The minimum Gasteiger partial charge on any atom is -0.372 e. The minimum atomic E-state index is -4.26. The third kappa shape index (κ3) is 9.46. The van der Waals surface area contributed by atoms with Crippen molar-refractivity contribution in [1.82, 2.24) is 10.6 Å². The molecule has 1 aromatic heterocycles. The van der Waals surface area contributed by atoms with Crippen LogP contribution in [0.3, 0.4) is 0 Å². The number of ether oxygens (including phenoxy) is 1. The Balaban J connectivity index is 0.00000441. The summed E-state index contributed by atoms with van der Waals surface area (Å²) in [6.45, 7) is 2.08. The maximum Gasteiger partial charge on any atom is 0.411 e. The lowest BCUT2D eigenvalue weighted by Crippen LogP contribution is -2.37. The van der Waals surface area contributed by atoms with Gasteiger partial charge in [-0.15, -0.1) is 35.3 Å². The Morgan fingerprint density at radius 1 is 1.36 bits per heavy atom. The maximum absolute atomic E-state index is 11.8. The number of guanidine groups is 1. The van der Waals surface area contributed by atoms with Crippen LogP contribution >= 0.6 is 35.3 Å². The fourth-order valence-electron chi connectivity index (χ4n) is 1.54. The minimum absolute atomic E-state index is 0. The van der Waals surface area contributed by atoms with Gasteiger partial charge in [0.25, 0.3) is 0 Å². The van der Waals surface area contributed by atoms with Crippen LogP contribution in [0.2, 0.25) is 0 Å². The molecule has 2 N–H and O–H groups in total. The Morgan fingerprint density at radius 3 is 2.64 bits per heavy atom. The number of hydrogen-bond acceptors (Lipinski definition) is 3. The van der Waals surface area contributed by atoms with E-state index in [-0.39, 0.29) is 30.6 Å². The number of halogens is 4. The highest BCUT2D eigenvalue weighted by atomic mass is 127. The molecule has 0 atom stereocenters. The SMILES string of the molecule is CN=C(NCCCOCC(F)(F)F)NCc1sccc1C.I. The smallest absolute Gasteiger partial charge is 0.372 e. The molecule has 0 radical (unpaired) electrons. The Bertz CT molecular complexity index is 452. The van der Waals surface area contributed by atoms with Gasteiger partial charge in [0.2, 0.25) is 0 Å². The van der Waals surface area contributed by atoms with Crippen LogP contribution in [0.4, 0.5) is 13.2 Å². The molecule has 1 rings (SSSR count). The summed E-state index contributed by atoms with van der Waals surface area (Å²) in [5, 5.41) is 8.22. The molecule has 0 aliphatic rings. The van der Waals surface area contributed by atoms with Gasteiger partial charge in [0, 0.05) is 25.1 Å².